The van der Waals surface area contributed by atoms with E-state index in [9.17, 15) is 9.18 Å². The number of hydrogen-bond acceptors (Lipinski definition) is 3. The molecule has 0 saturated heterocycles. The van der Waals surface area contributed by atoms with Crippen molar-refractivity contribution < 1.29 is 9.18 Å². The second-order valence-corrected chi connectivity index (χ2v) is 5.89. The van der Waals surface area contributed by atoms with Crippen LogP contribution >= 0.6 is 0 Å². The number of halogens is 1. The quantitative estimate of drug-likeness (QED) is 0.610. The molecule has 0 saturated carbocycles. The lowest BCUT2D eigenvalue weighted by atomic mass is 10.1. The van der Waals surface area contributed by atoms with Crippen LogP contribution in [-0.4, -0.2) is 20.9 Å². The van der Waals surface area contributed by atoms with Gasteiger partial charge in [-0.1, -0.05) is 53.7 Å². The van der Waals surface area contributed by atoms with Crippen molar-refractivity contribution in [2.24, 2.45) is 0 Å². The predicted molar refractivity (Wildman–Crippen MR) is 98.0 cm³/mol. The first-order valence-corrected chi connectivity index (χ1v) is 8.13. The monoisotopic (exact) mass is 346 g/mol. The molecule has 0 aliphatic carbocycles. The second-order valence-electron chi connectivity index (χ2n) is 5.89. The summed E-state index contributed by atoms with van der Waals surface area (Å²) in [6, 6.07) is 19.7. The summed E-state index contributed by atoms with van der Waals surface area (Å²) >= 11 is 0. The van der Waals surface area contributed by atoms with Gasteiger partial charge in [-0.3, -0.25) is 4.79 Å². The molecule has 0 radical (unpaired) electrons. The van der Waals surface area contributed by atoms with Crippen LogP contribution in [0.4, 0.5) is 10.1 Å². The lowest BCUT2D eigenvalue weighted by molar-refractivity contribution is -0.116. The molecule has 4 aromatic rings. The molecule has 0 atom stereocenters. The number of rotatable bonds is 4. The molecule has 6 heteroatoms. The average molecular weight is 346 g/mol. The highest BCUT2D eigenvalue weighted by Crippen LogP contribution is 2.23. The Morgan fingerprint density at radius 1 is 1.04 bits per heavy atom. The Kier molecular flexibility index (Phi) is 4.15. The number of benzene rings is 3. The summed E-state index contributed by atoms with van der Waals surface area (Å²) < 4.78 is 14.8. The van der Waals surface area contributed by atoms with Gasteiger partial charge in [-0.05, 0) is 23.6 Å². The third kappa shape index (κ3) is 3.30. The molecule has 0 bridgehead atoms. The molecule has 0 unspecified atom stereocenters. The van der Waals surface area contributed by atoms with E-state index in [1.807, 2.05) is 42.5 Å². The molecular formula is C20H15FN4O. The van der Waals surface area contributed by atoms with E-state index in [0.717, 1.165) is 16.5 Å². The second kappa shape index (κ2) is 6.76. The molecule has 0 aliphatic rings. The minimum Gasteiger partial charge on any atom is -0.324 e. The molecule has 5 nitrogen and oxygen atoms in total. The fraction of sp³-hybridized carbons (Fsp3) is 0.0500. The molecule has 1 aromatic heterocycles. The third-order valence-corrected chi connectivity index (χ3v) is 4.03. The summed E-state index contributed by atoms with van der Waals surface area (Å²) in [5, 5.41) is 12.9. The highest BCUT2D eigenvalue weighted by atomic mass is 19.1. The van der Waals surface area contributed by atoms with Crippen molar-refractivity contribution in [3.05, 3.63) is 78.7 Å². The number of nitrogens with zero attached hydrogens (tertiary/aromatic N) is 3. The first-order chi connectivity index (χ1) is 12.7. The van der Waals surface area contributed by atoms with E-state index in [2.05, 4.69) is 15.6 Å². The van der Waals surface area contributed by atoms with Crippen molar-refractivity contribution in [3.8, 4) is 11.3 Å². The van der Waals surface area contributed by atoms with Gasteiger partial charge < -0.3 is 5.32 Å². The average Bonchev–Trinajstić information content (AvgIpc) is 3.10. The van der Waals surface area contributed by atoms with Crippen LogP contribution in [0.3, 0.4) is 0 Å². The summed E-state index contributed by atoms with van der Waals surface area (Å²) in [5.41, 5.74) is 1.88. The molecule has 128 valence electrons. The van der Waals surface area contributed by atoms with Gasteiger partial charge in [-0.25, -0.2) is 9.07 Å². The number of carbonyl (C=O) groups is 1. The van der Waals surface area contributed by atoms with Gasteiger partial charge in [0.15, 0.2) is 0 Å². The topological polar surface area (TPSA) is 59.8 Å². The maximum atomic E-state index is 13.3. The van der Waals surface area contributed by atoms with Crippen molar-refractivity contribution in [1.82, 2.24) is 15.0 Å². The summed E-state index contributed by atoms with van der Waals surface area (Å²) in [6.07, 6.45) is 1.62. The largest absolute Gasteiger partial charge is 0.324 e. The van der Waals surface area contributed by atoms with E-state index < -0.39 is 0 Å². The van der Waals surface area contributed by atoms with Crippen molar-refractivity contribution >= 4 is 22.4 Å². The van der Waals surface area contributed by atoms with Crippen LogP contribution in [0.25, 0.3) is 22.0 Å². The first kappa shape index (κ1) is 16.0. The zero-order valence-corrected chi connectivity index (χ0v) is 13.8. The van der Waals surface area contributed by atoms with Crippen molar-refractivity contribution in [2.75, 3.05) is 5.32 Å². The molecule has 1 amide bonds. The molecule has 1 heterocycles. The lowest BCUT2D eigenvalue weighted by Crippen LogP contribution is -2.19. The van der Waals surface area contributed by atoms with Crippen LogP contribution in [0.5, 0.6) is 0 Å². The van der Waals surface area contributed by atoms with E-state index in [4.69, 9.17) is 0 Å². The van der Waals surface area contributed by atoms with Crippen LogP contribution in [0, 0.1) is 5.82 Å². The van der Waals surface area contributed by atoms with Gasteiger partial charge in [0.25, 0.3) is 0 Å². The molecule has 0 fully saturated rings. The minimum atomic E-state index is -0.342. The van der Waals surface area contributed by atoms with Crippen LogP contribution in [0.2, 0.25) is 0 Å². The molecule has 0 spiro atoms. The summed E-state index contributed by atoms with van der Waals surface area (Å²) in [4.78, 5) is 12.4. The van der Waals surface area contributed by atoms with E-state index in [1.165, 1.54) is 16.8 Å². The van der Waals surface area contributed by atoms with Crippen molar-refractivity contribution in [3.63, 3.8) is 0 Å². The van der Waals surface area contributed by atoms with E-state index >= 15 is 0 Å². The van der Waals surface area contributed by atoms with Crippen LogP contribution in [-0.2, 0) is 11.3 Å². The van der Waals surface area contributed by atoms with E-state index in [1.54, 1.807) is 18.3 Å². The van der Waals surface area contributed by atoms with Gasteiger partial charge in [0.05, 0.1) is 6.20 Å². The molecular weight excluding hydrogens is 331 g/mol. The van der Waals surface area contributed by atoms with Crippen LogP contribution in [0.1, 0.15) is 0 Å². The van der Waals surface area contributed by atoms with Crippen LogP contribution in [0.15, 0.2) is 72.9 Å². The number of aromatic nitrogens is 3. The Bertz CT molecular complexity index is 1080. The van der Waals surface area contributed by atoms with Gasteiger partial charge in [-0.15, -0.1) is 5.10 Å². The van der Waals surface area contributed by atoms with Gasteiger partial charge in [-0.2, -0.15) is 0 Å². The highest BCUT2D eigenvalue weighted by Gasteiger charge is 2.10. The fourth-order valence-electron chi connectivity index (χ4n) is 2.83. The smallest absolute Gasteiger partial charge is 0.246 e. The molecule has 3 aromatic carbocycles. The molecule has 0 aliphatic heterocycles. The van der Waals surface area contributed by atoms with Gasteiger partial charge in [0, 0.05) is 16.6 Å². The first-order valence-electron chi connectivity index (χ1n) is 8.13. The number of fused-ring (bicyclic) bond motifs is 1. The number of carbonyl (C=O) groups excluding carboxylic acids is 1. The van der Waals surface area contributed by atoms with Crippen LogP contribution < -0.4 is 5.32 Å². The summed E-state index contributed by atoms with van der Waals surface area (Å²) in [6.45, 7) is 0.0194. The highest BCUT2D eigenvalue weighted by molar-refractivity contribution is 6.01. The Morgan fingerprint density at radius 3 is 2.73 bits per heavy atom. The third-order valence-electron chi connectivity index (χ3n) is 4.03. The minimum absolute atomic E-state index is 0.0194. The number of hydrogen-bond donors (Lipinski definition) is 1. The standard InChI is InChI=1S/C20H15FN4O/c21-16-8-3-7-15(11-16)19-12-25(24-23-19)13-20(26)22-18-10-4-6-14-5-1-2-9-17(14)18/h1-12H,13H2,(H,22,26). The maximum absolute atomic E-state index is 13.3. The summed E-state index contributed by atoms with van der Waals surface area (Å²) in [7, 11) is 0. The fourth-order valence-corrected chi connectivity index (χ4v) is 2.83. The molecule has 4 rings (SSSR count). The number of anilines is 1. The number of nitrogens with one attached hydrogen (secondary N) is 1. The Morgan fingerprint density at radius 2 is 1.85 bits per heavy atom. The zero-order valence-electron chi connectivity index (χ0n) is 13.8. The normalized spacial score (nSPS) is 10.8. The Hall–Kier alpha value is -3.54. The Balaban J connectivity index is 1.50. The summed E-state index contributed by atoms with van der Waals surface area (Å²) in [5.74, 6) is -0.553. The molecule has 1 N–H and O–H groups in total. The van der Waals surface area contributed by atoms with Crippen molar-refractivity contribution in [2.45, 2.75) is 6.54 Å². The zero-order chi connectivity index (χ0) is 17.9. The van der Waals surface area contributed by atoms with E-state index in [-0.39, 0.29) is 18.3 Å². The van der Waals surface area contributed by atoms with Gasteiger partial charge in [0.1, 0.15) is 18.1 Å². The molecule has 26 heavy (non-hydrogen) atoms. The maximum Gasteiger partial charge on any atom is 0.246 e. The van der Waals surface area contributed by atoms with Gasteiger partial charge in [0.2, 0.25) is 5.91 Å². The predicted octanol–water partition coefficient (Wildman–Crippen LogP) is 3.88. The van der Waals surface area contributed by atoms with E-state index in [0.29, 0.717) is 11.3 Å². The van der Waals surface area contributed by atoms with Gasteiger partial charge >= 0.3 is 0 Å². The van der Waals surface area contributed by atoms with Crippen molar-refractivity contribution in [1.29, 1.82) is 0 Å². The lowest BCUT2D eigenvalue weighted by Gasteiger charge is -2.08. The number of amides is 1. The Labute approximate surface area is 149 Å². The SMILES string of the molecule is O=C(Cn1cc(-c2cccc(F)c2)nn1)Nc1cccc2ccccc12.